The fourth-order valence-electron chi connectivity index (χ4n) is 3.27. The van der Waals surface area contributed by atoms with Crippen molar-refractivity contribution >= 4 is 38.7 Å². The number of benzene rings is 2. The highest BCUT2D eigenvalue weighted by Crippen LogP contribution is 2.36. The molecule has 0 unspecified atom stereocenters. The molecule has 2 heterocycles. The first-order valence-electron chi connectivity index (χ1n) is 9.08. The van der Waals surface area contributed by atoms with Crippen molar-refractivity contribution in [2.24, 2.45) is 5.10 Å². The average Bonchev–Trinajstić information content (AvgIpc) is 3.36. The number of carbonyl (C=O) groups excluding carboxylic acids is 1. The predicted octanol–water partition coefficient (Wildman–Crippen LogP) is 4.25. The minimum atomic E-state index is -3.36. The minimum Gasteiger partial charge on any atom is -0.284 e. The Kier molecular flexibility index (Phi) is 5.40. The Hall–Kier alpha value is -3.04. The van der Waals surface area contributed by atoms with E-state index in [2.05, 4.69) is 9.82 Å². The smallest absolute Gasteiger partial charge is 0.274 e. The summed E-state index contributed by atoms with van der Waals surface area (Å²) in [5, 5.41) is 7.89. The highest BCUT2D eigenvalue weighted by atomic mass is 32.2. The molecular formula is C21H18FN3O3S2. The number of hydrogen-bond donors (Lipinski definition) is 1. The van der Waals surface area contributed by atoms with Crippen molar-refractivity contribution in [3.63, 3.8) is 0 Å². The van der Waals surface area contributed by atoms with E-state index in [1.807, 2.05) is 17.5 Å². The molecule has 1 amide bonds. The van der Waals surface area contributed by atoms with E-state index in [0.29, 0.717) is 17.8 Å². The van der Waals surface area contributed by atoms with Gasteiger partial charge in [-0.05, 0) is 47.3 Å². The van der Waals surface area contributed by atoms with Crippen LogP contribution in [0, 0.1) is 5.82 Å². The van der Waals surface area contributed by atoms with Crippen LogP contribution in [0.1, 0.15) is 33.3 Å². The Bertz CT molecular complexity index is 1210. The summed E-state index contributed by atoms with van der Waals surface area (Å²) in [4.78, 5) is 14.1. The third-order valence-corrected chi connectivity index (χ3v) is 6.16. The molecule has 30 heavy (non-hydrogen) atoms. The maximum atomic E-state index is 13.6. The summed E-state index contributed by atoms with van der Waals surface area (Å²) in [7, 11) is -3.36. The number of halogens is 1. The van der Waals surface area contributed by atoms with Crippen molar-refractivity contribution in [3.05, 3.63) is 87.9 Å². The normalized spacial score (nSPS) is 16.4. The van der Waals surface area contributed by atoms with Gasteiger partial charge < -0.3 is 0 Å². The minimum absolute atomic E-state index is 0.231. The second-order valence-electron chi connectivity index (χ2n) is 6.89. The second kappa shape index (κ2) is 8.00. The molecule has 0 aliphatic carbocycles. The molecule has 1 aromatic heterocycles. The molecule has 2 aromatic carbocycles. The van der Waals surface area contributed by atoms with Gasteiger partial charge in [-0.25, -0.2) is 17.8 Å². The molecule has 1 aliphatic heterocycles. The molecule has 3 aromatic rings. The number of thiophene rings is 1. The molecule has 0 spiro atoms. The van der Waals surface area contributed by atoms with Crippen LogP contribution in [0.2, 0.25) is 0 Å². The predicted molar refractivity (Wildman–Crippen MR) is 116 cm³/mol. The quantitative estimate of drug-likeness (QED) is 0.640. The lowest BCUT2D eigenvalue weighted by Gasteiger charge is -2.20. The second-order valence-corrected chi connectivity index (χ2v) is 9.62. The number of rotatable bonds is 5. The molecule has 0 fully saturated rings. The van der Waals surface area contributed by atoms with Gasteiger partial charge in [-0.15, -0.1) is 11.3 Å². The van der Waals surface area contributed by atoms with E-state index in [-0.39, 0.29) is 17.5 Å². The number of sulfonamides is 1. The zero-order chi connectivity index (χ0) is 21.3. The van der Waals surface area contributed by atoms with Gasteiger partial charge in [0.05, 0.1) is 18.0 Å². The van der Waals surface area contributed by atoms with Crippen molar-refractivity contribution in [1.29, 1.82) is 0 Å². The van der Waals surface area contributed by atoms with E-state index in [0.717, 1.165) is 16.7 Å². The number of anilines is 1. The van der Waals surface area contributed by atoms with Crippen molar-refractivity contribution in [2.75, 3.05) is 11.0 Å². The van der Waals surface area contributed by atoms with Crippen LogP contribution in [0.5, 0.6) is 0 Å². The Labute approximate surface area is 177 Å². The van der Waals surface area contributed by atoms with Crippen LogP contribution in [-0.2, 0) is 10.0 Å². The van der Waals surface area contributed by atoms with Crippen LogP contribution in [-0.4, -0.2) is 31.3 Å². The van der Waals surface area contributed by atoms with Gasteiger partial charge in [-0.3, -0.25) is 9.52 Å². The molecule has 6 nitrogen and oxygen atoms in total. The fraction of sp³-hybridized carbons (Fsp3) is 0.143. The number of nitrogens with one attached hydrogen (secondary N) is 1. The Morgan fingerprint density at radius 1 is 1.17 bits per heavy atom. The maximum absolute atomic E-state index is 13.6. The van der Waals surface area contributed by atoms with Crippen molar-refractivity contribution in [1.82, 2.24) is 5.01 Å². The van der Waals surface area contributed by atoms with Crippen molar-refractivity contribution < 1.29 is 17.6 Å². The topological polar surface area (TPSA) is 78.8 Å². The molecular weight excluding hydrogens is 425 g/mol. The number of hydrazone groups is 1. The first-order chi connectivity index (χ1) is 14.3. The highest BCUT2D eigenvalue weighted by Gasteiger charge is 2.34. The molecule has 9 heteroatoms. The van der Waals surface area contributed by atoms with E-state index in [1.165, 1.54) is 34.5 Å². The van der Waals surface area contributed by atoms with Crippen molar-refractivity contribution in [3.8, 4) is 0 Å². The first kappa shape index (κ1) is 20.2. The molecule has 0 bridgehead atoms. The highest BCUT2D eigenvalue weighted by molar-refractivity contribution is 7.92. The number of carbonyl (C=O) groups is 1. The number of amides is 1. The van der Waals surface area contributed by atoms with E-state index in [1.54, 1.807) is 30.3 Å². The van der Waals surface area contributed by atoms with Crippen LogP contribution in [0.25, 0.3) is 0 Å². The van der Waals surface area contributed by atoms with Crippen LogP contribution >= 0.6 is 11.3 Å². The SMILES string of the molecule is CS(=O)(=O)Nc1ccc(C2=NN(C(=O)c3cccc(F)c3)[C@@H](c3cccs3)C2)cc1. The molecule has 0 radical (unpaired) electrons. The van der Waals surface area contributed by atoms with E-state index in [4.69, 9.17) is 0 Å². The van der Waals surface area contributed by atoms with E-state index < -0.39 is 15.8 Å². The van der Waals surface area contributed by atoms with Crippen LogP contribution < -0.4 is 4.72 Å². The fourth-order valence-corrected chi connectivity index (χ4v) is 4.65. The summed E-state index contributed by atoms with van der Waals surface area (Å²) in [6.07, 6.45) is 1.59. The Balaban J connectivity index is 1.66. The molecule has 0 saturated carbocycles. The van der Waals surface area contributed by atoms with Gasteiger partial charge >= 0.3 is 0 Å². The maximum Gasteiger partial charge on any atom is 0.274 e. The third-order valence-electron chi connectivity index (χ3n) is 4.58. The Morgan fingerprint density at radius 3 is 2.57 bits per heavy atom. The van der Waals surface area contributed by atoms with Crippen LogP contribution in [0.4, 0.5) is 10.1 Å². The monoisotopic (exact) mass is 443 g/mol. The lowest BCUT2D eigenvalue weighted by molar-refractivity contribution is 0.0713. The molecule has 154 valence electrons. The van der Waals surface area contributed by atoms with Gasteiger partial charge in [-0.2, -0.15) is 5.10 Å². The van der Waals surface area contributed by atoms with Crippen LogP contribution in [0.15, 0.2) is 71.1 Å². The van der Waals surface area contributed by atoms with Gasteiger partial charge in [0, 0.05) is 22.5 Å². The summed E-state index contributed by atoms with van der Waals surface area (Å²) >= 11 is 1.53. The molecule has 1 aliphatic rings. The first-order valence-corrected chi connectivity index (χ1v) is 11.9. The third kappa shape index (κ3) is 4.42. The van der Waals surface area contributed by atoms with Gasteiger partial charge in [0.15, 0.2) is 0 Å². The summed E-state index contributed by atoms with van der Waals surface area (Å²) in [6.45, 7) is 0. The van der Waals surface area contributed by atoms with E-state index >= 15 is 0 Å². The average molecular weight is 444 g/mol. The Morgan fingerprint density at radius 2 is 1.93 bits per heavy atom. The van der Waals surface area contributed by atoms with Crippen molar-refractivity contribution in [2.45, 2.75) is 12.5 Å². The summed E-state index contributed by atoms with van der Waals surface area (Å²) in [5.74, 6) is -0.857. The van der Waals surface area contributed by atoms with Crippen LogP contribution in [0.3, 0.4) is 0 Å². The molecule has 4 rings (SSSR count). The summed E-state index contributed by atoms with van der Waals surface area (Å²) in [5.41, 5.74) is 2.16. The zero-order valence-corrected chi connectivity index (χ0v) is 17.6. The standard InChI is InChI=1S/C21H18FN3O3S2/c1-30(27,28)24-17-9-7-14(8-10-17)18-13-19(20-6-3-11-29-20)25(23-18)21(26)15-4-2-5-16(22)12-15/h2-12,19,24H,13H2,1H3/t19-/m1/s1. The molecule has 0 saturated heterocycles. The van der Waals surface area contributed by atoms with Gasteiger partial charge in [0.1, 0.15) is 5.82 Å². The van der Waals surface area contributed by atoms with Gasteiger partial charge in [0.25, 0.3) is 5.91 Å². The zero-order valence-electron chi connectivity index (χ0n) is 15.9. The van der Waals surface area contributed by atoms with E-state index in [9.17, 15) is 17.6 Å². The number of nitrogens with zero attached hydrogens (tertiary/aromatic N) is 2. The van der Waals surface area contributed by atoms with Gasteiger partial charge in [-0.1, -0.05) is 24.3 Å². The largest absolute Gasteiger partial charge is 0.284 e. The summed E-state index contributed by atoms with van der Waals surface area (Å²) in [6, 6.07) is 15.9. The van der Waals surface area contributed by atoms with Gasteiger partial charge in [0.2, 0.25) is 10.0 Å². The molecule has 1 N–H and O–H groups in total. The lowest BCUT2D eigenvalue weighted by atomic mass is 10.0. The summed E-state index contributed by atoms with van der Waals surface area (Å²) < 4.78 is 38.8. The lowest BCUT2D eigenvalue weighted by Crippen LogP contribution is -2.26. The number of hydrogen-bond acceptors (Lipinski definition) is 5. The molecule has 1 atom stereocenters.